The van der Waals surface area contributed by atoms with Gasteiger partial charge in [-0.3, -0.25) is 4.90 Å². The topological polar surface area (TPSA) is 27.7 Å². The first-order chi connectivity index (χ1) is 15.2. The molecule has 0 bridgehead atoms. The van der Waals surface area contributed by atoms with Crippen LogP contribution in [-0.4, -0.2) is 48.2 Å². The van der Waals surface area contributed by atoms with E-state index in [0.717, 1.165) is 43.6 Å². The quantitative estimate of drug-likeness (QED) is 0.581. The molecule has 1 N–H and O–H groups in total. The first kappa shape index (κ1) is 21.3. The standard InChI is InChI=1S/C26H29N3OS/c1-30-24-14-12-21(13-15-24)20-28-16-18-29(19-17-28)26(31)27-25(22-8-4-2-5-9-22)23-10-6-3-7-11-23/h2-15,25H,16-20H2,1H3,(H,27,31). The van der Waals surface area contributed by atoms with Gasteiger partial charge in [0, 0.05) is 32.7 Å². The van der Waals surface area contributed by atoms with E-state index in [9.17, 15) is 0 Å². The van der Waals surface area contributed by atoms with E-state index >= 15 is 0 Å². The monoisotopic (exact) mass is 431 g/mol. The Morgan fingerprint density at radius 3 is 1.90 bits per heavy atom. The molecule has 0 saturated carbocycles. The van der Waals surface area contributed by atoms with Crippen LogP contribution in [0.15, 0.2) is 84.9 Å². The van der Waals surface area contributed by atoms with Crippen LogP contribution in [0.2, 0.25) is 0 Å². The summed E-state index contributed by atoms with van der Waals surface area (Å²) < 4.78 is 5.25. The largest absolute Gasteiger partial charge is 0.497 e. The second-order valence-electron chi connectivity index (χ2n) is 7.82. The van der Waals surface area contributed by atoms with Crippen molar-refractivity contribution in [2.75, 3.05) is 33.3 Å². The number of rotatable bonds is 6. The van der Waals surface area contributed by atoms with Crippen molar-refractivity contribution >= 4 is 17.3 Å². The molecule has 1 heterocycles. The van der Waals surface area contributed by atoms with Crippen molar-refractivity contribution in [3.63, 3.8) is 0 Å². The van der Waals surface area contributed by atoms with Gasteiger partial charge >= 0.3 is 0 Å². The second-order valence-corrected chi connectivity index (χ2v) is 8.20. The molecule has 31 heavy (non-hydrogen) atoms. The third-order valence-corrected chi connectivity index (χ3v) is 6.13. The maximum absolute atomic E-state index is 5.83. The number of hydrogen-bond donors (Lipinski definition) is 1. The molecule has 4 rings (SSSR count). The van der Waals surface area contributed by atoms with Gasteiger partial charge in [-0.1, -0.05) is 72.8 Å². The molecule has 1 aliphatic heterocycles. The molecule has 0 unspecified atom stereocenters. The minimum Gasteiger partial charge on any atom is -0.497 e. The minimum atomic E-state index is 0.0484. The highest BCUT2D eigenvalue weighted by Gasteiger charge is 2.22. The van der Waals surface area contributed by atoms with E-state index in [1.807, 2.05) is 24.3 Å². The molecule has 3 aromatic rings. The summed E-state index contributed by atoms with van der Waals surface area (Å²) >= 11 is 5.83. The van der Waals surface area contributed by atoms with Crippen molar-refractivity contribution in [2.24, 2.45) is 0 Å². The summed E-state index contributed by atoms with van der Waals surface area (Å²) in [5, 5.41) is 4.44. The van der Waals surface area contributed by atoms with Gasteiger partial charge in [-0.05, 0) is 41.0 Å². The van der Waals surface area contributed by atoms with E-state index in [1.165, 1.54) is 16.7 Å². The number of piperazine rings is 1. The lowest BCUT2D eigenvalue weighted by atomic mass is 9.99. The van der Waals surface area contributed by atoms with Gasteiger partial charge in [0.05, 0.1) is 13.2 Å². The third kappa shape index (κ3) is 5.63. The molecular weight excluding hydrogens is 402 g/mol. The predicted molar refractivity (Wildman–Crippen MR) is 130 cm³/mol. The van der Waals surface area contributed by atoms with Crippen molar-refractivity contribution in [3.05, 3.63) is 102 Å². The Hall–Kier alpha value is -2.89. The van der Waals surface area contributed by atoms with Gasteiger partial charge < -0.3 is 15.0 Å². The summed E-state index contributed by atoms with van der Waals surface area (Å²) in [7, 11) is 1.70. The molecule has 0 spiro atoms. The number of nitrogens with zero attached hydrogens (tertiary/aromatic N) is 2. The molecule has 4 nitrogen and oxygen atoms in total. The zero-order valence-electron chi connectivity index (χ0n) is 17.9. The fourth-order valence-corrected chi connectivity index (χ4v) is 4.26. The summed E-state index contributed by atoms with van der Waals surface area (Å²) in [5.41, 5.74) is 3.74. The maximum atomic E-state index is 5.83. The average Bonchev–Trinajstić information content (AvgIpc) is 2.84. The highest BCUT2D eigenvalue weighted by molar-refractivity contribution is 7.80. The van der Waals surface area contributed by atoms with Gasteiger partial charge in [0.2, 0.25) is 0 Å². The predicted octanol–water partition coefficient (Wildman–Crippen LogP) is 4.48. The van der Waals surface area contributed by atoms with Crippen molar-refractivity contribution in [1.82, 2.24) is 15.1 Å². The number of methoxy groups -OCH3 is 1. The molecule has 160 valence electrons. The van der Waals surface area contributed by atoms with E-state index in [4.69, 9.17) is 17.0 Å². The lowest BCUT2D eigenvalue weighted by molar-refractivity contribution is 0.174. The Bertz CT molecular complexity index is 915. The van der Waals surface area contributed by atoms with E-state index in [1.54, 1.807) is 7.11 Å². The Morgan fingerprint density at radius 1 is 0.839 bits per heavy atom. The summed E-state index contributed by atoms with van der Waals surface area (Å²) in [5.74, 6) is 0.899. The number of benzene rings is 3. The molecule has 3 aromatic carbocycles. The van der Waals surface area contributed by atoms with Crippen LogP contribution in [0.5, 0.6) is 5.75 Å². The molecule has 5 heteroatoms. The van der Waals surface area contributed by atoms with Crippen molar-refractivity contribution in [2.45, 2.75) is 12.6 Å². The Morgan fingerprint density at radius 2 is 1.39 bits per heavy atom. The van der Waals surface area contributed by atoms with Gasteiger partial charge in [0.15, 0.2) is 5.11 Å². The normalized spacial score (nSPS) is 14.5. The maximum Gasteiger partial charge on any atom is 0.169 e. The summed E-state index contributed by atoms with van der Waals surface area (Å²) in [6.45, 7) is 4.80. The van der Waals surface area contributed by atoms with E-state index in [0.29, 0.717) is 0 Å². The van der Waals surface area contributed by atoms with Crippen molar-refractivity contribution < 1.29 is 4.74 Å². The van der Waals surface area contributed by atoms with Crippen LogP contribution in [0.25, 0.3) is 0 Å². The number of hydrogen-bond acceptors (Lipinski definition) is 3. The lowest BCUT2D eigenvalue weighted by Gasteiger charge is -2.37. The van der Waals surface area contributed by atoms with Crippen LogP contribution in [-0.2, 0) is 6.54 Å². The van der Waals surface area contributed by atoms with E-state index in [2.05, 4.69) is 75.8 Å². The van der Waals surface area contributed by atoms with Gasteiger partial charge in [-0.25, -0.2) is 0 Å². The zero-order chi connectivity index (χ0) is 21.5. The molecular formula is C26H29N3OS. The lowest BCUT2D eigenvalue weighted by Crippen LogP contribution is -2.51. The Kier molecular flexibility index (Phi) is 7.18. The molecule has 0 aliphatic carbocycles. The number of nitrogens with one attached hydrogen (secondary N) is 1. The molecule has 0 atom stereocenters. The van der Waals surface area contributed by atoms with Crippen molar-refractivity contribution in [3.8, 4) is 5.75 Å². The molecule has 1 saturated heterocycles. The first-order valence-corrected chi connectivity index (χ1v) is 11.1. The second kappa shape index (κ2) is 10.4. The minimum absolute atomic E-state index is 0.0484. The van der Waals surface area contributed by atoms with E-state index in [-0.39, 0.29) is 6.04 Å². The highest BCUT2D eigenvalue weighted by Crippen LogP contribution is 2.22. The molecule has 1 aliphatic rings. The van der Waals surface area contributed by atoms with Crippen LogP contribution < -0.4 is 10.1 Å². The number of ether oxygens (including phenoxy) is 1. The molecule has 0 radical (unpaired) electrons. The first-order valence-electron chi connectivity index (χ1n) is 10.7. The SMILES string of the molecule is COc1ccc(CN2CCN(C(=S)NC(c3ccccc3)c3ccccc3)CC2)cc1. The van der Waals surface area contributed by atoms with Crippen LogP contribution in [0.4, 0.5) is 0 Å². The van der Waals surface area contributed by atoms with Gasteiger partial charge in [0.25, 0.3) is 0 Å². The van der Waals surface area contributed by atoms with Gasteiger partial charge in [0.1, 0.15) is 5.75 Å². The van der Waals surface area contributed by atoms with Crippen LogP contribution in [0.3, 0.4) is 0 Å². The Balaban J connectivity index is 1.36. The Labute approximate surface area is 190 Å². The highest BCUT2D eigenvalue weighted by atomic mass is 32.1. The van der Waals surface area contributed by atoms with Crippen LogP contribution in [0, 0.1) is 0 Å². The van der Waals surface area contributed by atoms with E-state index < -0.39 is 0 Å². The fourth-order valence-electron chi connectivity index (χ4n) is 3.96. The molecule has 0 aromatic heterocycles. The van der Waals surface area contributed by atoms with Gasteiger partial charge in [-0.2, -0.15) is 0 Å². The van der Waals surface area contributed by atoms with Crippen LogP contribution in [0.1, 0.15) is 22.7 Å². The average molecular weight is 432 g/mol. The number of thiocarbonyl (C=S) groups is 1. The smallest absolute Gasteiger partial charge is 0.169 e. The fraction of sp³-hybridized carbons (Fsp3) is 0.269. The third-order valence-electron chi connectivity index (χ3n) is 5.76. The zero-order valence-corrected chi connectivity index (χ0v) is 18.7. The van der Waals surface area contributed by atoms with Crippen LogP contribution >= 0.6 is 12.2 Å². The summed E-state index contributed by atoms with van der Waals surface area (Å²) in [6, 6.07) is 29.4. The molecule has 1 fully saturated rings. The summed E-state index contributed by atoms with van der Waals surface area (Å²) in [4.78, 5) is 4.77. The van der Waals surface area contributed by atoms with Crippen molar-refractivity contribution in [1.29, 1.82) is 0 Å². The summed E-state index contributed by atoms with van der Waals surface area (Å²) in [6.07, 6.45) is 0. The molecule has 0 amide bonds. The van der Waals surface area contributed by atoms with Gasteiger partial charge in [-0.15, -0.1) is 0 Å².